The van der Waals surface area contributed by atoms with Crippen molar-refractivity contribution in [3.63, 3.8) is 0 Å². The van der Waals surface area contributed by atoms with Gasteiger partial charge in [-0.2, -0.15) is 13.1 Å². The number of nitrogens with one attached hydrogen (secondary N) is 2. The zero-order chi connectivity index (χ0) is 22.4. The van der Waals surface area contributed by atoms with Crippen molar-refractivity contribution >= 4 is 28.0 Å². The van der Waals surface area contributed by atoms with Gasteiger partial charge in [-0.3, -0.25) is 14.5 Å². The van der Waals surface area contributed by atoms with E-state index in [1.54, 1.807) is 0 Å². The van der Waals surface area contributed by atoms with Gasteiger partial charge in [0, 0.05) is 31.6 Å². The predicted molar refractivity (Wildman–Crippen MR) is 104 cm³/mol. The Morgan fingerprint density at radius 1 is 1.37 bits per heavy atom. The van der Waals surface area contributed by atoms with Gasteiger partial charge in [-0.25, -0.2) is 9.93 Å². The molecular weight excluding hydrogens is 418 g/mol. The van der Waals surface area contributed by atoms with Crippen molar-refractivity contribution in [2.75, 3.05) is 26.2 Å². The van der Waals surface area contributed by atoms with E-state index in [2.05, 4.69) is 5.32 Å². The summed E-state index contributed by atoms with van der Waals surface area (Å²) in [6, 6.07) is -0.574. The van der Waals surface area contributed by atoms with Crippen LogP contribution in [0.25, 0.3) is 0 Å². The molecule has 2 saturated heterocycles. The number of carbonyl (C=O) groups excluding carboxylic acids is 2. The van der Waals surface area contributed by atoms with E-state index in [9.17, 15) is 33.0 Å². The zero-order valence-electron chi connectivity index (χ0n) is 16.7. The molecule has 168 valence electrons. The fraction of sp³-hybridized carbons (Fsp3) is 0.706. The monoisotopic (exact) mass is 445 g/mol. The van der Waals surface area contributed by atoms with Crippen molar-refractivity contribution in [3.05, 3.63) is 11.3 Å². The highest BCUT2D eigenvalue weighted by molar-refractivity contribution is 7.87. The van der Waals surface area contributed by atoms with Gasteiger partial charge in [0.05, 0.1) is 24.6 Å². The Hall–Kier alpha value is -2.06. The summed E-state index contributed by atoms with van der Waals surface area (Å²) < 4.78 is 23.6. The van der Waals surface area contributed by atoms with Gasteiger partial charge in [0.25, 0.3) is 10.2 Å². The Morgan fingerprint density at radius 3 is 2.60 bits per heavy atom. The molecule has 0 aromatic rings. The molecule has 0 bridgehead atoms. The van der Waals surface area contributed by atoms with Gasteiger partial charge in [-0.15, -0.1) is 0 Å². The molecule has 6 N–H and O–H groups in total. The van der Waals surface area contributed by atoms with Crippen molar-refractivity contribution in [2.45, 2.75) is 38.5 Å². The molecule has 3 aliphatic rings. The number of aliphatic hydroxyl groups excluding tert-OH is 1. The summed E-state index contributed by atoms with van der Waals surface area (Å²) in [5.41, 5.74) is 0.617. The van der Waals surface area contributed by atoms with Crippen molar-refractivity contribution in [1.29, 1.82) is 0 Å². The minimum Gasteiger partial charge on any atom is -0.477 e. The second kappa shape index (κ2) is 8.23. The summed E-state index contributed by atoms with van der Waals surface area (Å²) >= 11 is 0. The highest BCUT2D eigenvalue weighted by Gasteiger charge is 2.59. The minimum absolute atomic E-state index is 0.0146. The number of nitrogens with two attached hydrogens (primary N) is 1. The van der Waals surface area contributed by atoms with Gasteiger partial charge in [0.15, 0.2) is 0 Å². The van der Waals surface area contributed by atoms with Gasteiger partial charge in [-0.1, -0.05) is 6.92 Å². The fourth-order valence-corrected chi connectivity index (χ4v) is 4.97. The maximum atomic E-state index is 12.4. The molecule has 12 nitrogen and oxygen atoms in total. The second-order valence-electron chi connectivity index (χ2n) is 8.09. The number of β-lactam (4-membered cyclic amide) rings is 1. The summed E-state index contributed by atoms with van der Waals surface area (Å²) in [6.45, 7) is 4.33. The molecule has 13 heteroatoms. The third kappa shape index (κ3) is 4.34. The summed E-state index contributed by atoms with van der Waals surface area (Å²) in [4.78, 5) is 39.4. The molecule has 5 atom stereocenters. The molecule has 30 heavy (non-hydrogen) atoms. The first-order chi connectivity index (χ1) is 13.9. The molecule has 3 rings (SSSR count). The van der Waals surface area contributed by atoms with E-state index in [4.69, 9.17) is 5.14 Å². The predicted octanol–water partition coefficient (Wildman–Crippen LogP) is -2.83. The Labute approximate surface area is 174 Å². The van der Waals surface area contributed by atoms with E-state index in [0.717, 1.165) is 0 Å². The summed E-state index contributed by atoms with van der Waals surface area (Å²) in [5.74, 6) is -2.87. The number of rotatable bonds is 8. The van der Waals surface area contributed by atoms with E-state index in [1.807, 2.05) is 16.5 Å². The summed E-state index contributed by atoms with van der Waals surface area (Å²) in [6.07, 6.45) is -0.235. The molecule has 3 heterocycles. The number of carbonyl (C=O) groups is 3. The van der Waals surface area contributed by atoms with Crippen LogP contribution in [0.3, 0.4) is 0 Å². The normalized spacial score (nSPS) is 30.3. The maximum Gasteiger partial charge on any atom is 0.352 e. The van der Waals surface area contributed by atoms with Crippen LogP contribution in [0.4, 0.5) is 0 Å². The first-order valence-electron chi connectivity index (χ1n) is 9.67. The number of carboxylic acid groups (broad SMARTS) is 1. The smallest absolute Gasteiger partial charge is 0.352 e. The molecule has 0 aliphatic carbocycles. The van der Waals surface area contributed by atoms with Crippen LogP contribution in [-0.2, 0) is 24.6 Å². The van der Waals surface area contributed by atoms with Gasteiger partial charge >= 0.3 is 5.97 Å². The first kappa shape index (κ1) is 22.6. The summed E-state index contributed by atoms with van der Waals surface area (Å²) in [5, 5.41) is 27.1. The number of amides is 2. The molecular formula is C17H27N5O7S. The number of likely N-dealkylation sites (tertiary alicyclic amines) is 1. The SMILES string of the molecule is C[C@@H](O)[C@H]1C(=O)N2C(C(=O)O)=C(CN3CC[C@H](NC(=O)CNS(N)(=O)=O)C3)[C@H](C)[C@H]12. The third-order valence-electron chi connectivity index (χ3n) is 5.98. The third-order valence-corrected chi connectivity index (χ3v) is 6.53. The lowest BCUT2D eigenvalue weighted by Crippen LogP contribution is -2.63. The largest absolute Gasteiger partial charge is 0.477 e. The number of aliphatic carboxylic acids is 1. The lowest BCUT2D eigenvalue weighted by molar-refractivity contribution is -0.163. The lowest BCUT2D eigenvalue weighted by atomic mass is 9.77. The average Bonchev–Trinajstić information content (AvgIpc) is 3.14. The van der Waals surface area contributed by atoms with E-state index in [-0.39, 0.29) is 29.6 Å². The number of aliphatic hydroxyl groups is 1. The van der Waals surface area contributed by atoms with Crippen LogP contribution in [-0.4, -0.2) is 90.6 Å². The minimum atomic E-state index is -3.95. The fourth-order valence-electron chi connectivity index (χ4n) is 4.63. The molecule has 0 aromatic carbocycles. The quantitative estimate of drug-likeness (QED) is 0.248. The van der Waals surface area contributed by atoms with Gasteiger partial charge in [-0.05, 0) is 18.9 Å². The molecule has 2 fully saturated rings. The molecule has 0 aromatic heterocycles. The number of hydrogen-bond acceptors (Lipinski definition) is 7. The van der Waals surface area contributed by atoms with Crippen LogP contribution >= 0.6 is 0 Å². The van der Waals surface area contributed by atoms with Crippen molar-refractivity contribution in [1.82, 2.24) is 19.8 Å². The molecule has 0 spiro atoms. The molecule has 2 amide bonds. The van der Waals surface area contributed by atoms with E-state index < -0.39 is 40.7 Å². The van der Waals surface area contributed by atoms with E-state index in [0.29, 0.717) is 31.6 Å². The van der Waals surface area contributed by atoms with Crippen LogP contribution < -0.4 is 15.2 Å². The zero-order valence-corrected chi connectivity index (χ0v) is 17.6. The van der Waals surface area contributed by atoms with Gasteiger partial charge < -0.3 is 20.4 Å². The standard InChI is InChI=1S/C17H27N5O7S/c1-8-11(15(17(26)27)22-14(8)13(9(2)23)16(22)25)7-21-4-3-10(6-21)20-12(24)5-19-30(18,28)29/h8-10,13-14,19,23H,3-7H2,1-2H3,(H,20,24)(H,26,27)(H2,18,28,29)/t8-,9+,10-,13+,14+/m0/s1. The Morgan fingerprint density at radius 2 is 2.03 bits per heavy atom. The van der Waals surface area contributed by atoms with Crippen LogP contribution in [0.5, 0.6) is 0 Å². The number of fused-ring (bicyclic) bond motifs is 1. The number of hydrogen-bond donors (Lipinski definition) is 5. The van der Waals surface area contributed by atoms with Gasteiger partial charge in [0.1, 0.15) is 5.70 Å². The molecule has 3 aliphatic heterocycles. The Balaban J connectivity index is 1.63. The van der Waals surface area contributed by atoms with Crippen molar-refractivity contribution in [2.24, 2.45) is 17.0 Å². The highest BCUT2D eigenvalue weighted by atomic mass is 32.2. The van der Waals surface area contributed by atoms with Crippen molar-refractivity contribution in [3.8, 4) is 0 Å². The van der Waals surface area contributed by atoms with E-state index in [1.165, 1.54) is 11.8 Å². The van der Waals surface area contributed by atoms with Gasteiger partial charge in [0.2, 0.25) is 11.8 Å². The molecule has 0 unspecified atom stereocenters. The molecule has 0 saturated carbocycles. The first-order valence-corrected chi connectivity index (χ1v) is 11.2. The highest BCUT2D eigenvalue weighted by Crippen LogP contribution is 2.47. The van der Waals surface area contributed by atoms with Crippen molar-refractivity contribution < 1.29 is 33.0 Å². The van der Waals surface area contributed by atoms with Crippen LogP contribution in [0.15, 0.2) is 11.3 Å². The number of carboxylic acids is 1. The summed E-state index contributed by atoms with van der Waals surface area (Å²) in [7, 11) is -3.95. The topological polar surface area (TPSA) is 182 Å². The maximum absolute atomic E-state index is 12.4. The van der Waals surface area contributed by atoms with Crippen LogP contribution in [0.2, 0.25) is 0 Å². The number of nitrogens with zero attached hydrogens (tertiary/aromatic N) is 2. The Kier molecular flexibility index (Phi) is 6.20. The Bertz CT molecular complexity index is 887. The van der Waals surface area contributed by atoms with Crippen LogP contribution in [0, 0.1) is 11.8 Å². The van der Waals surface area contributed by atoms with E-state index >= 15 is 0 Å². The lowest BCUT2D eigenvalue weighted by Gasteiger charge is -2.46. The average molecular weight is 445 g/mol. The van der Waals surface area contributed by atoms with Crippen LogP contribution in [0.1, 0.15) is 20.3 Å². The molecule has 0 radical (unpaired) electrons. The second-order valence-corrected chi connectivity index (χ2v) is 9.47.